The van der Waals surface area contributed by atoms with Crippen molar-refractivity contribution in [2.75, 3.05) is 25.0 Å². The van der Waals surface area contributed by atoms with Crippen LogP contribution in [-0.4, -0.2) is 59.3 Å². The second-order valence-electron chi connectivity index (χ2n) is 7.66. The summed E-state index contributed by atoms with van der Waals surface area (Å²) in [5.41, 5.74) is 0.901. The standard InChI is InChI=1S/C16H18N4O4.C7H8O3S/c21-10-12-8-17-9-14(24-12)20-7-6-13(19-16(20)23)18-15(22)11-4-2-1-3-5-11;1-6-2-4-7(5-3-6)11(8,9)10/h1-7,12,14,17,21H,8-10H2,(H,18,19,22,23);2-5H,1H3,(H,8,9,10). The minimum absolute atomic E-state index is 0.0666. The summed E-state index contributed by atoms with van der Waals surface area (Å²) in [5, 5.41) is 14.8. The summed E-state index contributed by atoms with van der Waals surface area (Å²) in [4.78, 5) is 28.1. The molecule has 1 saturated heterocycles. The normalized spacial score (nSPS) is 17.7. The number of rotatable bonds is 5. The van der Waals surface area contributed by atoms with Crippen molar-refractivity contribution in [3.8, 4) is 0 Å². The number of aromatic nitrogens is 2. The summed E-state index contributed by atoms with van der Waals surface area (Å²) in [6.45, 7) is 2.68. The van der Waals surface area contributed by atoms with Crippen LogP contribution in [0.3, 0.4) is 0 Å². The van der Waals surface area contributed by atoms with Gasteiger partial charge in [-0.3, -0.25) is 13.9 Å². The summed E-state index contributed by atoms with van der Waals surface area (Å²) in [6, 6.07) is 16.2. The Morgan fingerprint density at radius 3 is 2.43 bits per heavy atom. The van der Waals surface area contributed by atoms with E-state index >= 15 is 0 Å². The third kappa shape index (κ3) is 7.53. The minimum atomic E-state index is -4.02. The van der Waals surface area contributed by atoms with Crippen LogP contribution in [-0.2, 0) is 14.9 Å². The fraction of sp³-hybridized carbons (Fsp3) is 0.261. The minimum Gasteiger partial charge on any atom is -0.394 e. The van der Waals surface area contributed by atoms with Crippen molar-refractivity contribution in [3.63, 3.8) is 0 Å². The van der Waals surface area contributed by atoms with E-state index in [1.54, 1.807) is 36.4 Å². The first-order valence-corrected chi connectivity index (χ1v) is 12.1. The average Bonchev–Trinajstić information content (AvgIpc) is 2.85. The topological polar surface area (TPSA) is 160 Å². The van der Waals surface area contributed by atoms with Gasteiger partial charge in [0.25, 0.3) is 16.0 Å². The van der Waals surface area contributed by atoms with E-state index in [2.05, 4.69) is 15.6 Å². The number of hydrogen-bond donors (Lipinski definition) is 4. The van der Waals surface area contributed by atoms with Gasteiger partial charge in [0.2, 0.25) is 0 Å². The number of aryl methyl sites for hydroxylation is 1. The SMILES string of the molecule is Cc1ccc(S(=O)(=O)O)cc1.O=C(Nc1ccn(C2CNCC(CO)O2)c(=O)n1)c1ccccc1. The molecule has 1 aliphatic rings. The van der Waals surface area contributed by atoms with Crippen molar-refractivity contribution in [1.82, 2.24) is 14.9 Å². The van der Waals surface area contributed by atoms with E-state index < -0.39 is 22.0 Å². The number of morpholine rings is 1. The number of nitrogens with zero attached hydrogens (tertiary/aromatic N) is 2. The lowest BCUT2D eigenvalue weighted by molar-refractivity contribution is -0.0967. The van der Waals surface area contributed by atoms with Crippen LogP contribution in [0, 0.1) is 6.92 Å². The van der Waals surface area contributed by atoms with Gasteiger partial charge in [-0.1, -0.05) is 35.9 Å². The molecule has 1 amide bonds. The van der Waals surface area contributed by atoms with E-state index in [-0.39, 0.29) is 29.3 Å². The number of benzene rings is 2. The molecule has 0 spiro atoms. The molecule has 0 radical (unpaired) electrons. The Labute approximate surface area is 202 Å². The zero-order valence-electron chi connectivity index (χ0n) is 18.9. The molecule has 3 aromatic rings. The number of aliphatic hydroxyl groups excluding tert-OH is 1. The zero-order valence-corrected chi connectivity index (χ0v) is 19.7. The molecule has 1 aromatic heterocycles. The summed E-state index contributed by atoms with van der Waals surface area (Å²) in [5.74, 6) is -0.163. The highest BCUT2D eigenvalue weighted by Crippen LogP contribution is 2.13. The number of aliphatic hydroxyl groups is 1. The molecule has 11 nitrogen and oxygen atoms in total. The maximum atomic E-state index is 12.2. The summed E-state index contributed by atoms with van der Waals surface area (Å²) >= 11 is 0. The third-order valence-electron chi connectivity index (χ3n) is 4.98. The lowest BCUT2D eigenvalue weighted by Gasteiger charge is -2.30. The molecule has 2 atom stereocenters. The zero-order chi connectivity index (χ0) is 25.4. The summed E-state index contributed by atoms with van der Waals surface area (Å²) < 4.78 is 36.5. The monoisotopic (exact) mass is 502 g/mol. The van der Waals surface area contributed by atoms with Crippen molar-refractivity contribution < 1.29 is 27.6 Å². The predicted molar refractivity (Wildman–Crippen MR) is 128 cm³/mol. The van der Waals surface area contributed by atoms with E-state index in [1.165, 1.54) is 29.0 Å². The van der Waals surface area contributed by atoms with E-state index in [4.69, 9.17) is 14.4 Å². The number of ether oxygens (including phenoxy) is 1. The maximum absolute atomic E-state index is 12.2. The molecule has 0 aliphatic carbocycles. The molecule has 186 valence electrons. The highest BCUT2D eigenvalue weighted by atomic mass is 32.2. The van der Waals surface area contributed by atoms with Gasteiger partial charge in [-0.05, 0) is 37.3 Å². The highest BCUT2D eigenvalue weighted by Gasteiger charge is 2.23. The Balaban J connectivity index is 0.000000261. The van der Waals surface area contributed by atoms with Crippen LogP contribution >= 0.6 is 0 Å². The van der Waals surface area contributed by atoms with E-state index in [9.17, 15) is 18.0 Å². The third-order valence-corrected chi connectivity index (χ3v) is 5.85. The Morgan fingerprint density at radius 1 is 1.14 bits per heavy atom. The van der Waals surface area contributed by atoms with Gasteiger partial charge < -0.3 is 20.5 Å². The van der Waals surface area contributed by atoms with E-state index in [1.807, 2.05) is 13.0 Å². The van der Waals surface area contributed by atoms with Crippen LogP contribution in [0.15, 0.2) is 76.6 Å². The van der Waals surface area contributed by atoms with Crippen molar-refractivity contribution in [1.29, 1.82) is 0 Å². The lowest BCUT2D eigenvalue weighted by atomic mass is 10.2. The smallest absolute Gasteiger partial charge is 0.351 e. The number of nitrogens with one attached hydrogen (secondary N) is 2. The number of carbonyl (C=O) groups is 1. The van der Waals surface area contributed by atoms with Crippen LogP contribution in [0.5, 0.6) is 0 Å². The molecule has 4 rings (SSSR count). The largest absolute Gasteiger partial charge is 0.394 e. The molecule has 2 unspecified atom stereocenters. The second-order valence-corrected chi connectivity index (χ2v) is 9.09. The van der Waals surface area contributed by atoms with Crippen LogP contribution < -0.4 is 16.3 Å². The molecular formula is C23H26N4O7S. The summed E-state index contributed by atoms with van der Waals surface area (Å²) in [6.07, 6.45) is 0.602. The van der Waals surface area contributed by atoms with Gasteiger partial charge in [0.15, 0.2) is 6.23 Å². The quantitative estimate of drug-likeness (QED) is 0.376. The Bertz CT molecular complexity index is 1300. The number of carbonyl (C=O) groups excluding carboxylic acids is 1. The fourth-order valence-electron chi connectivity index (χ4n) is 3.15. The van der Waals surface area contributed by atoms with Crippen LogP contribution in [0.4, 0.5) is 5.82 Å². The Kier molecular flexibility index (Phi) is 8.84. The van der Waals surface area contributed by atoms with Crippen molar-refractivity contribution in [2.24, 2.45) is 0 Å². The molecule has 4 N–H and O–H groups in total. The summed E-state index contributed by atoms with van der Waals surface area (Å²) in [7, 11) is -4.02. The van der Waals surface area contributed by atoms with Gasteiger partial charge in [-0.15, -0.1) is 0 Å². The van der Waals surface area contributed by atoms with Gasteiger partial charge in [0.1, 0.15) is 5.82 Å². The molecular weight excluding hydrogens is 476 g/mol. The van der Waals surface area contributed by atoms with Crippen molar-refractivity contribution in [2.45, 2.75) is 24.2 Å². The van der Waals surface area contributed by atoms with Gasteiger partial charge in [0.05, 0.1) is 17.6 Å². The molecule has 0 saturated carbocycles. The first kappa shape index (κ1) is 26.2. The average molecular weight is 503 g/mol. The molecule has 35 heavy (non-hydrogen) atoms. The van der Waals surface area contributed by atoms with Crippen molar-refractivity contribution >= 4 is 21.8 Å². The Morgan fingerprint density at radius 2 is 1.83 bits per heavy atom. The van der Waals surface area contributed by atoms with Crippen molar-refractivity contribution in [3.05, 3.63) is 88.5 Å². The fourth-order valence-corrected chi connectivity index (χ4v) is 3.63. The molecule has 1 aliphatic heterocycles. The lowest BCUT2D eigenvalue weighted by Crippen LogP contribution is -2.46. The molecule has 1 fully saturated rings. The van der Waals surface area contributed by atoms with Crippen LogP contribution in [0.1, 0.15) is 22.1 Å². The van der Waals surface area contributed by atoms with Gasteiger partial charge >= 0.3 is 5.69 Å². The Hall–Kier alpha value is -3.42. The molecule has 0 bridgehead atoms. The van der Waals surface area contributed by atoms with Gasteiger partial charge in [-0.2, -0.15) is 13.4 Å². The first-order valence-electron chi connectivity index (χ1n) is 10.6. The molecule has 12 heteroatoms. The molecule has 2 heterocycles. The predicted octanol–water partition coefficient (Wildman–Crippen LogP) is 1.22. The van der Waals surface area contributed by atoms with Gasteiger partial charge in [0, 0.05) is 24.8 Å². The van der Waals surface area contributed by atoms with E-state index in [0.29, 0.717) is 18.7 Å². The van der Waals surface area contributed by atoms with E-state index in [0.717, 1.165) is 5.56 Å². The number of anilines is 1. The van der Waals surface area contributed by atoms with Crippen LogP contribution in [0.25, 0.3) is 0 Å². The second kappa shape index (κ2) is 11.8. The molecule has 2 aromatic carbocycles. The number of hydrogen-bond acceptors (Lipinski definition) is 8. The van der Waals surface area contributed by atoms with Gasteiger partial charge in [-0.25, -0.2) is 4.79 Å². The van der Waals surface area contributed by atoms with Crippen LogP contribution in [0.2, 0.25) is 0 Å². The maximum Gasteiger partial charge on any atom is 0.351 e. The first-order chi connectivity index (χ1) is 16.7. The number of amides is 1. The highest BCUT2D eigenvalue weighted by molar-refractivity contribution is 7.85.